The van der Waals surface area contributed by atoms with E-state index in [0.29, 0.717) is 11.8 Å². The van der Waals surface area contributed by atoms with E-state index in [0.717, 1.165) is 38.6 Å². The number of rotatable bonds is 5. The van der Waals surface area contributed by atoms with Gasteiger partial charge in [0.25, 0.3) is 0 Å². The molecule has 1 fully saturated rings. The van der Waals surface area contributed by atoms with Gasteiger partial charge in [-0.2, -0.15) is 0 Å². The lowest BCUT2D eigenvalue weighted by atomic mass is 9.77. The van der Waals surface area contributed by atoms with Gasteiger partial charge in [-0.05, 0) is 31.1 Å². The first-order valence-electron chi connectivity index (χ1n) is 7.11. The third-order valence-electron chi connectivity index (χ3n) is 4.29. The first-order chi connectivity index (χ1) is 8.08. The lowest BCUT2D eigenvalue weighted by molar-refractivity contribution is -0.127. The highest BCUT2D eigenvalue weighted by atomic mass is 16.1. The topological polar surface area (TPSA) is 55.1 Å². The molecule has 0 radical (unpaired) electrons. The summed E-state index contributed by atoms with van der Waals surface area (Å²) in [5.74, 6) is 1.45. The quantitative estimate of drug-likeness (QED) is 0.774. The van der Waals surface area contributed by atoms with Gasteiger partial charge in [0.1, 0.15) is 0 Å². The molecular formula is C14H28N2O. The summed E-state index contributed by atoms with van der Waals surface area (Å²) in [5, 5.41) is 3.11. The van der Waals surface area contributed by atoms with E-state index in [2.05, 4.69) is 26.1 Å². The van der Waals surface area contributed by atoms with Crippen molar-refractivity contribution in [3.8, 4) is 0 Å². The maximum atomic E-state index is 12.1. The Morgan fingerprint density at radius 3 is 2.59 bits per heavy atom. The molecule has 17 heavy (non-hydrogen) atoms. The Bertz CT molecular complexity index is 238. The van der Waals surface area contributed by atoms with E-state index in [-0.39, 0.29) is 17.9 Å². The molecule has 1 amide bonds. The van der Waals surface area contributed by atoms with E-state index in [1.54, 1.807) is 0 Å². The second-order valence-corrected chi connectivity index (χ2v) is 5.58. The smallest absolute Gasteiger partial charge is 0.223 e. The Balaban J connectivity index is 2.40. The Kier molecular flexibility index (Phi) is 5.96. The van der Waals surface area contributed by atoms with Gasteiger partial charge in [0.05, 0.1) is 0 Å². The normalized spacial score (nSPS) is 29.4. The van der Waals surface area contributed by atoms with Gasteiger partial charge in [0.15, 0.2) is 0 Å². The van der Waals surface area contributed by atoms with Gasteiger partial charge >= 0.3 is 0 Å². The van der Waals surface area contributed by atoms with Crippen molar-refractivity contribution in [1.82, 2.24) is 5.32 Å². The van der Waals surface area contributed by atoms with Crippen LogP contribution in [0.4, 0.5) is 0 Å². The fraction of sp³-hybridized carbons (Fsp3) is 0.929. The van der Waals surface area contributed by atoms with Crippen LogP contribution in [0.3, 0.4) is 0 Å². The predicted molar refractivity (Wildman–Crippen MR) is 71.6 cm³/mol. The Labute approximate surface area is 106 Å². The summed E-state index contributed by atoms with van der Waals surface area (Å²) in [6.07, 6.45) is 5.28. The number of carbonyl (C=O) groups is 1. The van der Waals surface area contributed by atoms with Crippen molar-refractivity contribution in [1.29, 1.82) is 0 Å². The summed E-state index contributed by atoms with van der Waals surface area (Å²) < 4.78 is 0. The zero-order valence-corrected chi connectivity index (χ0v) is 11.5. The first kappa shape index (κ1) is 14.5. The molecule has 3 heteroatoms. The van der Waals surface area contributed by atoms with E-state index >= 15 is 0 Å². The molecule has 0 aliphatic heterocycles. The SMILES string of the molecule is CCC(CC)CNC(=O)C1CC(N)CCC1C. The van der Waals surface area contributed by atoms with Crippen LogP contribution in [-0.2, 0) is 4.79 Å². The van der Waals surface area contributed by atoms with Gasteiger partial charge in [-0.1, -0.05) is 33.6 Å². The fourth-order valence-corrected chi connectivity index (χ4v) is 2.67. The second kappa shape index (κ2) is 7.00. The van der Waals surface area contributed by atoms with Gasteiger partial charge in [-0.15, -0.1) is 0 Å². The number of carbonyl (C=O) groups excluding carboxylic acids is 1. The van der Waals surface area contributed by atoms with Crippen molar-refractivity contribution in [2.75, 3.05) is 6.54 Å². The first-order valence-corrected chi connectivity index (χ1v) is 7.11. The average Bonchev–Trinajstić information content (AvgIpc) is 2.33. The Hall–Kier alpha value is -0.570. The van der Waals surface area contributed by atoms with Crippen LogP contribution in [0.15, 0.2) is 0 Å². The summed E-state index contributed by atoms with van der Waals surface area (Å²) >= 11 is 0. The lowest BCUT2D eigenvalue weighted by Crippen LogP contribution is -2.42. The molecule has 0 bridgehead atoms. The highest BCUT2D eigenvalue weighted by Crippen LogP contribution is 2.29. The number of hydrogen-bond acceptors (Lipinski definition) is 2. The summed E-state index contributed by atoms with van der Waals surface area (Å²) in [6, 6.07) is 0.218. The molecule has 0 heterocycles. The maximum absolute atomic E-state index is 12.1. The van der Waals surface area contributed by atoms with Gasteiger partial charge in [-0.25, -0.2) is 0 Å². The van der Waals surface area contributed by atoms with Crippen molar-refractivity contribution < 1.29 is 4.79 Å². The molecule has 3 N–H and O–H groups in total. The minimum atomic E-state index is 0.133. The van der Waals surface area contributed by atoms with E-state index in [9.17, 15) is 4.79 Å². The molecule has 0 spiro atoms. The van der Waals surface area contributed by atoms with Crippen molar-refractivity contribution in [3.05, 3.63) is 0 Å². The summed E-state index contributed by atoms with van der Waals surface area (Å²) in [7, 11) is 0. The predicted octanol–water partition coefficient (Wildman–Crippen LogP) is 2.30. The lowest BCUT2D eigenvalue weighted by Gasteiger charge is -2.31. The minimum Gasteiger partial charge on any atom is -0.356 e. The fourth-order valence-electron chi connectivity index (χ4n) is 2.67. The van der Waals surface area contributed by atoms with Gasteiger partial charge in [-0.3, -0.25) is 4.79 Å². The number of nitrogens with one attached hydrogen (secondary N) is 1. The van der Waals surface area contributed by atoms with Crippen LogP contribution in [0.25, 0.3) is 0 Å². The summed E-state index contributed by atoms with van der Waals surface area (Å²) in [6.45, 7) is 7.36. The molecule has 1 aliphatic carbocycles. The van der Waals surface area contributed by atoms with Crippen LogP contribution in [0.2, 0.25) is 0 Å². The highest BCUT2D eigenvalue weighted by molar-refractivity contribution is 5.79. The Morgan fingerprint density at radius 2 is 2.00 bits per heavy atom. The van der Waals surface area contributed by atoms with Crippen LogP contribution in [0, 0.1) is 17.8 Å². The molecule has 3 unspecified atom stereocenters. The average molecular weight is 240 g/mol. The highest BCUT2D eigenvalue weighted by Gasteiger charge is 2.31. The maximum Gasteiger partial charge on any atom is 0.223 e. The number of hydrogen-bond donors (Lipinski definition) is 2. The molecule has 3 atom stereocenters. The van der Waals surface area contributed by atoms with Gasteiger partial charge < -0.3 is 11.1 Å². The summed E-state index contributed by atoms with van der Waals surface area (Å²) in [5.41, 5.74) is 5.95. The molecule has 0 aromatic rings. The van der Waals surface area contributed by atoms with Crippen molar-refractivity contribution in [2.45, 2.75) is 58.9 Å². The zero-order chi connectivity index (χ0) is 12.8. The molecule has 3 nitrogen and oxygen atoms in total. The molecule has 0 aromatic carbocycles. The third-order valence-corrected chi connectivity index (χ3v) is 4.29. The molecular weight excluding hydrogens is 212 g/mol. The summed E-state index contributed by atoms with van der Waals surface area (Å²) in [4.78, 5) is 12.1. The zero-order valence-electron chi connectivity index (χ0n) is 11.5. The largest absolute Gasteiger partial charge is 0.356 e. The molecule has 1 rings (SSSR count). The van der Waals surface area contributed by atoms with Crippen LogP contribution in [0.1, 0.15) is 52.9 Å². The second-order valence-electron chi connectivity index (χ2n) is 5.58. The van der Waals surface area contributed by atoms with Crippen LogP contribution < -0.4 is 11.1 Å². The van der Waals surface area contributed by atoms with Crippen molar-refractivity contribution in [3.63, 3.8) is 0 Å². The van der Waals surface area contributed by atoms with Crippen LogP contribution in [-0.4, -0.2) is 18.5 Å². The van der Waals surface area contributed by atoms with Gasteiger partial charge in [0.2, 0.25) is 5.91 Å². The van der Waals surface area contributed by atoms with Crippen molar-refractivity contribution in [2.24, 2.45) is 23.5 Å². The molecule has 100 valence electrons. The molecule has 1 saturated carbocycles. The van der Waals surface area contributed by atoms with Crippen LogP contribution in [0.5, 0.6) is 0 Å². The molecule has 1 aliphatic rings. The van der Waals surface area contributed by atoms with E-state index < -0.39 is 0 Å². The van der Waals surface area contributed by atoms with Gasteiger partial charge in [0, 0.05) is 18.5 Å². The number of nitrogens with two attached hydrogens (primary N) is 1. The molecule has 0 saturated heterocycles. The minimum absolute atomic E-state index is 0.133. The Morgan fingerprint density at radius 1 is 1.35 bits per heavy atom. The van der Waals surface area contributed by atoms with E-state index in [1.165, 1.54) is 0 Å². The van der Waals surface area contributed by atoms with Crippen molar-refractivity contribution >= 4 is 5.91 Å². The molecule has 0 aromatic heterocycles. The number of amides is 1. The van der Waals surface area contributed by atoms with Crippen LogP contribution >= 0.6 is 0 Å². The van der Waals surface area contributed by atoms with E-state index in [4.69, 9.17) is 5.73 Å². The standard InChI is InChI=1S/C14H28N2O/c1-4-11(5-2)9-16-14(17)13-8-12(15)7-6-10(13)3/h10-13H,4-9,15H2,1-3H3,(H,16,17). The van der Waals surface area contributed by atoms with E-state index in [1.807, 2.05) is 0 Å². The third kappa shape index (κ3) is 4.30. The monoisotopic (exact) mass is 240 g/mol.